The van der Waals surface area contributed by atoms with E-state index in [4.69, 9.17) is 11.6 Å². The molecule has 2 aromatic rings. The maximum atomic E-state index is 12.2. The van der Waals surface area contributed by atoms with Crippen LogP contribution in [0.4, 0.5) is 17.1 Å². The summed E-state index contributed by atoms with van der Waals surface area (Å²) in [5, 5.41) is 6.96. The molecule has 0 aliphatic carbocycles. The van der Waals surface area contributed by atoms with E-state index in [0.29, 0.717) is 13.0 Å². The fourth-order valence-corrected chi connectivity index (χ4v) is 3.42. The highest BCUT2D eigenvalue weighted by molar-refractivity contribution is 6.31. The molecule has 0 radical (unpaired) electrons. The van der Waals surface area contributed by atoms with E-state index in [2.05, 4.69) is 27.7 Å². The number of amides is 1. The van der Waals surface area contributed by atoms with Crippen molar-refractivity contribution in [2.75, 3.05) is 35.2 Å². The van der Waals surface area contributed by atoms with Crippen LogP contribution < -0.4 is 15.5 Å². The SMILES string of the molecule is Cc1c(Cl)cccc1NCCC(=O)Nc1ccc(N2CCCCC2)cc1. The minimum Gasteiger partial charge on any atom is -0.384 e. The van der Waals surface area contributed by atoms with Crippen LogP contribution in [0.5, 0.6) is 0 Å². The average molecular weight is 372 g/mol. The van der Waals surface area contributed by atoms with E-state index >= 15 is 0 Å². The summed E-state index contributed by atoms with van der Waals surface area (Å²) in [7, 11) is 0. The van der Waals surface area contributed by atoms with Crippen LogP contribution in [0, 0.1) is 6.92 Å². The van der Waals surface area contributed by atoms with Gasteiger partial charge in [-0.15, -0.1) is 0 Å². The molecule has 1 aliphatic heterocycles. The van der Waals surface area contributed by atoms with Gasteiger partial charge in [-0.25, -0.2) is 0 Å². The summed E-state index contributed by atoms with van der Waals surface area (Å²) in [6, 6.07) is 13.9. The van der Waals surface area contributed by atoms with Crippen LogP contribution >= 0.6 is 11.6 Å². The predicted molar refractivity (Wildman–Crippen MR) is 110 cm³/mol. The molecule has 1 amide bonds. The van der Waals surface area contributed by atoms with E-state index in [-0.39, 0.29) is 5.91 Å². The predicted octanol–water partition coefficient (Wildman–Crippen LogP) is 5.08. The molecule has 4 nitrogen and oxygen atoms in total. The molecule has 1 heterocycles. The Morgan fingerprint density at radius 2 is 1.81 bits per heavy atom. The van der Waals surface area contributed by atoms with Crippen molar-refractivity contribution in [3.63, 3.8) is 0 Å². The van der Waals surface area contributed by atoms with Crippen molar-refractivity contribution < 1.29 is 4.79 Å². The van der Waals surface area contributed by atoms with Gasteiger partial charge < -0.3 is 15.5 Å². The van der Waals surface area contributed by atoms with E-state index in [9.17, 15) is 4.79 Å². The van der Waals surface area contributed by atoms with Gasteiger partial charge in [0.1, 0.15) is 0 Å². The number of rotatable bonds is 6. The zero-order valence-corrected chi connectivity index (χ0v) is 16.0. The first-order chi connectivity index (χ1) is 12.6. The number of piperidine rings is 1. The van der Waals surface area contributed by atoms with Crippen molar-refractivity contribution in [3.05, 3.63) is 53.1 Å². The summed E-state index contributed by atoms with van der Waals surface area (Å²) < 4.78 is 0. The van der Waals surface area contributed by atoms with Crippen molar-refractivity contribution in [1.82, 2.24) is 0 Å². The van der Waals surface area contributed by atoms with Crippen molar-refractivity contribution >= 4 is 34.6 Å². The third-order valence-corrected chi connectivity index (χ3v) is 5.22. The van der Waals surface area contributed by atoms with Crippen molar-refractivity contribution in [2.45, 2.75) is 32.6 Å². The van der Waals surface area contributed by atoms with Gasteiger partial charge in [0.2, 0.25) is 5.91 Å². The van der Waals surface area contributed by atoms with Gasteiger partial charge in [-0.2, -0.15) is 0 Å². The van der Waals surface area contributed by atoms with Gasteiger partial charge in [0, 0.05) is 48.1 Å². The highest BCUT2D eigenvalue weighted by Crippen LogP contribution is 2.23. The van der Waals surface area contributed by atoms with E-state index in [1.807, 2.05) is 37.3 Å². The zero-order valence-electron chi connectivity index (χ0n) is 15.2. The summed E-state index contributed by atoms with van der Waals surface area (Å²) in [6.45, 7) is 4.79. The van der Waals surface area contributed by atoms with Crippen molar-refractivity contribution in [1.29, 1.82) is 0 Å². The number of carbonyl (C=O) groups excluding carboxylic acids is 1. The van der Waals surface area contributed by atoms with Gasteiger partial charge in [-0.1, -0.05) is 17.7 Å². The maximum Gasteiger partial charge on any atom is 0.226 e. The Hall–Kier alpha value is -2.20. The molecular weight excluding hydrogens is 346 g/mol. The van der Waals surface area contributed by atoms with Crippen LogP contribution in [0.25, 0.3) is 0 Å². The highest BCUT2D eigenvalue weighted by Gasteiger charge is 2.11. The standard InChI is InChI=1S/C21H26ClN3O/c1-16-19(22)6-5-7-20(16)23-13-12-21(26)24-17-8-10-18(11-9-17)25-14-3-2-4-15-25/h5-11,23H,2-4,12-15H2,1H3,(H,24,26). The smallest absolute Gasteiger partial charge is 0.226 e. The van der Waals surface area contributed by atoms with Crippen molar-refractivity contribution in [2.24, 2.45) is 0 Å². The quantitative estimate of drug-likeness (QED) is 0.744. The molecule has 2 N–H and O–H groups in total. The molecule has 0 saturated carbocycles. The van der Waals surface area contributed by atoms with Crippen LogP contribution in [0.15, 0.2) is 42.5 Å². The summed E-state index contributed by atoms with van der Waals surface area (Å²) in [5.41, 5.74) is 4.05. The second-order valence-corrected chi connectivity index (χ2v) is 7.14. The van der Waals surface area contributed by atoms with Gasteiger partial charge in [0.15, 0.2) is 0 Å². The molecule has 1 saturated heterocycles. The molecule has 3 rings (SSSR count). The molecule has 0 atom stereocenters. The summed E-state index contributed by atoms with van der Waals surface area (Å²) in [5.74, 6) is 0.00269. The van der Waals surface area contributed by atoms with E-state index in [1.165, 1.54) is 24.9 Å². The lowest BCUT2D eigenvalue weighted by Crippen LogP contribution is -2.29. The monoisotopic (exact) mass is 371 g/mol. The Labute approximate surface area is 160 Å². The first-order valence-electron chi connectivity index (χ1n) is 9.27. The van der Waals surface area contributed by atoms with E-state index in [1.54, 1.807) is 0 Å². The number of hydrogen-bond donors (Lipinski definition) is 2. The third-order valence-electron chi connectivity index (χ3n) is 4.81. The Morgan fingerprint density at radius 1 is 1.08 bits per heavy atom. The second kappa shape index (κ2) is 8.95. The summed E-state index contributed by atoms with van der Waals surface area (Å²) >= 11 is 6.11. The van der Waals surface area contributed by atoms with Gasteiger partial charge in [-0.05, 0) is 68.1 Å². The molecule has 26 heavy (non-hydrogen) atoms. The summed E-state index contributed by atoms with van der Waals surface area (Å²) in [6.07, 6.45) is 4.25. The average Bonchev–Trinajstić information content (AvgIpc) is 2.66. The lowest BCUT2D eigenvalue weighted by atomic mass is 10.1. The Balaban J connectivity index is 1.46. The highest BCUT2D eigenvalue weighted by atomic mass is 35.5. The third kappa shape index (κ3) is 4.92. The molecule has 0 spiro atoms. The molecule has 2 aromatic carbocycles. The maximum absolute atomic E-state index is 12.2. The van der Waals surface area contributed by atoms with Crippen LogP contribution in [0.3, 0.4) is 0 Å². The van der Waals surface area contributed by atoms with Gasteiger partial charge in [-0.3, -0.25) is 4.79 Å². The van der Waals surface area contributed by atoms with Gasteiger partial charge in [0.25, 0.3) is 0 Å². The molecule has 1 fully saturated rings. The largest absolute Gasteiger partial charge is 0.384 e. The molecule has 138 valence electrons. The number of halogens is 1. The number of anilines is 3. The van der Waals surface area contributed by atoms with Gasteiger partial charge >= 0.3 is 0 Å². The van der Waals surface area contributed by atoms with Crippen molar-refractivity contribution in [3.8, 4) is 0 Å². The zero-order chi connectivity index (χ0) is 18.4. The number of nitrogens with zero attached hydrogens (tertiary/aromatic N) is 1. The Bertz CT molecular complexity index is 739. The molecular formula is C21H26ClN3O. The van der Waals surface area contributed by atoms with Gasteiger partial charge in [0.05, 0.1) is 0 Å². The lowest BCUT2D eigenvalue weighted by Gasteiger charge is -2.28. The van der Waals surface area contributed by atoms with Crippen LogP contribution in [-0.2, 0) is 4.79 Å². The van der Waals surface area contributed by atoms with Crippen LogP contribution in [0.1, 0.15) is 31.2 Å². The molecule has 0 unspecified atom stereocenters. The minimum absolute atomic E-state index is 0.00269. The number of benzene rings is 2. The molecule has 0 aromatic heterocycles. The van der Waals surface area contributed by atoms with Crippen LogP contribution in [-0.4, -0.2) is 25.5 Å². The summed E-state index contributed by atoms with van der Waals surface area (Å²) in [4.78, 5) is 14.6. The second-order valence-electron chi connectivity index (χ2n) is 6.73. The normalized spacial score (nSPS) is 14.2. The number of carbonyl (C=O) groups is 1. The minimum atomic E-state index is 0.00269. The number of hydrogen-bond acceptors (Lipinski definition) is 3. The first kappa shape index (κ1) is 18.6. The molecule has 0 bridgehead atoms. The number of nitrogens with one attached hydrogen (secondary N) is 2. The Morgan fingerprint density at radius 3 is 2.54 bits per heavy atom. The lowest BCUT2D eigenvalue weighted by molar-refractivity contribution is -0.115. The fraction of sp³-hybridized carbons (Fsp3) is 0.381. The fourth-order valence-electron chi connectivity index (χ4n) is 3.24. The van der Waals surface area contributed by atoms with E-state index in [0.717, 1.165) is 35.1 Å². The van der Waals surface area contributed by atoms with Crippen LogP contribution in [0.2, 0.25) is 5.02 Å². The molecule has 1 aliphatic rings. The Kier molecular flexibility index (Phi) is 6.40. The topological polar surface area (TPSA) is 44.4 Å². The first-order valence-corrected chi connectivity index (χ1v) is 9.65. The molecule has 5 heteroatoms. The van der Waals surface area contributed by atoms with E-state index < -0.39 is 0 Å².